The molecule has 1 rings (SSSR count). The van der Waals surface area contributed by atoms with Gasteiger partial charge in [-0.1, -0.05) is 0 Å². The second-order valence-corrected chi connectivity index (χ2v) is 4.22. The summed E-state index contributed by atoms with van der Waals surface area (Å²) in [5.74, 6) is -11.0. The summed E-state index contributed by atoms with van der Waals surface area (Å²) in [6.45, 7) is -0.377. The summed E-state index contributed by atoms with van der Waals surface area (Å²) in [7, 11) is 0. The van der Waals surface area contributed by atoms with Crippen LogP contribution in [0, 0.1) is 0 Å². The number of H-pyrrole nitrogens is 1. The number of alkyl halides is 7. The minimum absolute atomic E-state index is 0.00848. The van der Waals surface area contributed by atoms with Gasteiger partial charge in [0.05, 0.1) is 6.20 Å². The Kier molecular flexibility index (Phi) is 4.40. The Hall–Kier alpha value is -0.960. The van der Waals surface area contributed by atoms with E-state index in [1.54, 1.807) is 5.10 Å². The number of halogens is 7. The van der Waals surface area contributed by atoms with Crippen molar-refractivity contribution < 1.29 is 31.4 Å². The van der Waals surface area contributed by atoms with Gasteiger partial charge in [0.15, 0.2) is 0 Å². The van der Waals surface area contributed by atoms with Crippen LogP contribution in [0.5, 0.6) is 0 Å². The second kappa shape index (κ2) is 5.20. The molecule has 1 heterocycles. The first-order valence-corrected chi connectivity index (χ1v) is 5.39. The van der Waals surface area contributed by atoms with Crippen molar-refractivity contribution in [3.8, 4) is 0 Å². The minimum Gasteiger partial charge on any atom is -0.396 e. The number of hydrogen-bond acceptors (Lipinski definition) is 2. The van der Waals surface area contributed by atoms with Crippen molar-refractivity contribution in [3.63, 3.8) is 0 Å². The first-order valence-electron chi connectivity index (χ1n) is 5.01. The predicted molar refractivity (Wildman–Crippen MR) is 53.6 cm³/mol. The first-order chi connectivity index (χ1) is 8.55. The van der Waals surface area contributed by atoms with Crippen molar-refractivity contribution in [2.24, 2.45) is 0 Å². The first kappa shape index (κ1) is 16.1. The smallest absolute Gasteiger partial charge is 0.392 e. The third-order valence-corrected chi connectivity index (χ3v) is 2.62. The van der Waals surface area contributed by atoms with E-state index >= 15 is 0 Å². The van der Waals surface area contributed by atoms with E-state index < -0.39 is 22.9 Å². The molecular formula is C9H9ClF6N2O. The van der Waals surface area contributed by atoms with Crippen LogP contribution >= 0.6 is 11.6 Å². The highest BCUT2D eigenvalue weighted by atomic mass is 35.5. The molecule has 0 unspecified atom stereocenters. The van der Waals surface area contributed by atoms with Crippen LogP contribution < -0.4 is 0 Å². The summed E-state index contributed by atoms with van der Waals surface area (Å²) in [5, 5.41) is 7.83. The van der Waals surface area contributed by atoms with Crippen LogP contribution in [0.3, 0.4) is 0 Å². The van der Waals surface area contributed by atoms with E-state index in [-0.39, 0.29) is 25.0 Å². The van der Waals surface area contributed by atoms with E-state index in [2.05, 4.69) is 16.7 Å². The van der Waals surface area contributed by atoms with Crippen molar-refractivity contribution >= 4 is 11.6 Å². The van der Waals surface area contributed by atoms with Gasteiger partial charge >= 0.3 is 17.2 Å². The zero-order valence-corrected chi connectivity index (χ0v) is 9.99. The van der Waals surface area contributed by atoms with Crippen molar-refractivity contribution in [1.29, 1.82) is 0 Å². The molecule has 0 fully saturated rings. The molecular weight excluding hydrogens is 302 g/mol. The van der Waals surface area contributed by atoms with Gasteiger partial charge in [0.25, 0.3) is 0 Å². The number of rotatable bonds is 6. The number of nitrogens with zero attached hydrogens (tertiary/aromatic N) is 1. The molecule has 0 aliphatic rings. The topological polar surface area (TPSA) is 48.9 Å². The van der Waals surface area contributed by atoms with Gasteiger partial charge < -0.3 is 5.11 Å². The summed E-state index contributed by atoms with van der Waals surface area (Å²) < 4.78 is 78.0. The molecule has 0 saturated carbocycles. The number of nitrogens with one attached hydrogen (secondary N) is 1. The van der Waals surface area contributed by atoms with Gasteiger partial charge in [0.2, 0.25) is 0 Å². The fraction of sp³-hybridized carbons (Fsp3) is 0.667. The molecule has 1 aromatic rings. The van der Waals surface area contributed by atoms with Crippen LogP contribution in [0.1, 0.15) is 17.7 Å². The highest BCUT2D eigenvalue weighted by Gasteiger charge is 2.72. The molecule has 0 spiro atoms. The van der Waals surface area contributed by atoms with E-state index in [1.165, 1.54) is 0 Å². The number of aliphatic hydroxyl groups excluding tert-OH is 1. The molecule has 0 atom stereocenters. The third-order valence-electron chi connectivity index (χ3n) is 2.39. The van der Waals surface area contributed by atoms with Gasteiger partial charge in [-0.15, -0.1) is 0 Å². The van der Waals surface area contributed by atoms with Gasteiger partial charge in [-0.3, -0.25) is 5.10 Å². The van der Waals surface area contributed by atoms with Gasteiger partial charge in [0, 0.05) is 6.61 Å². The lowest BCUT2D eigenvalue weighted by atomic mass is 10.0. The Morgan fingerprint density at radius 1 is 1.21 bits per heavy atom. The molecule has 0 radical (unpaired) electrons. The zero-order valence-electron chi connectivity index (χ0n) is 9.24. The van der Waals surface area contributed by atoms with Crippen molar-refractivity contribution in [2.45, 2.75) is 30.1 Å². The molecule has 0 aromatic carbocycles. The standard InChI is InChI=1S/C9H9ClF6N2O/c10-9(15,16)8(13,14)7(11,12)6-5(2-1-3-19)4-17-18-6/h4,19H,1-3H2,(H,17,18). The Bertz CT molecular complexity index is 431. The number of aliphatic hydroxyl groups is 1. The summed E-state index contributed by atoms with van der Waals surface area (Å²) in [6, 6.07) is 0. The van der Waals surface area contributed by atoms with Gasteiger partial charge in [-0.05, 0) is 30.0 Å². The Morgan fingerprint density at radius 2 is 1.79 bits per heavy atom. The fourth-order valence-corrected chi connectivity index (χ4v) is 1.50. The lowest BCUT2D eigenvalue weighted by molar-refractivity contribution is -0.287. The van der Waals surface area contributed by atoms with Crippen molar-refractivity contribution in [1.82, 2.24) is 10.2 Å². The fourth-order valence-electron chi connectivity index (χ4n) is 1.38. The lowest BCUT2D eigenvalue weighted by Crippen LogP contribution is -2.50. The molecule has 0 amide bonds. The average Bonchev–Trinajstić information content (AvgIpc) is 2.73. The third kappa shape index (κ3) is 2.81. The molecule has 2 N–H and O–H groups in total. The van der Waals surface area contributed by atoms with Crippen LogP contribution in [0.4, 0.5) is 26.3 Å². The second-order valence-electron chi connectivity index (χ2n) is 3.74. The SMILES string of the molecule is OCCCc1cn[nH]c1C(F)(F)C(F)(F)C(F)(F)Cl. The molecule has 0 aliphatic heterocycles. The van der Waals surface area contributed by atoms with E-state index in [9.17, 15) is 26.3 Å². The van der Waals surface area contributed by atoms with Crippen LogP contribution in [-0.2, 0) is 12.3 Å². The van der Waals surface area contributed by atoms with E-state index in [4.69, 9.17) is 5.11 Å². The average molecular weight is 311 g/mol. The molecule has 0 aliphatic carbocycles. The van der Waals surface area contributed by atoms with Gasteiger partial charge in [0.1, 0.15) is 5.69 Å². The lowest BCUT2D eigenvalue weighted by Gasteiger charge is -2.29. The highest BCUT2D eigenvalue weighted by Crippen LogP contribution is 2.52. The molecule has 0 saturated heterocycles. The minimum atomic E-state index is -5.79. The number of aromatic amines is 1. The van der Waals surface area contributed by atoms with Crippen LogP contribution in [-0.4, -0.2) is 33.2 Å². The summed E-state index contributed by atoms with van der Waals surface area (Å²) in [4.78, 5) is 0. The maximum Gasteiger partial charge on any atom is 0.392 e. The number of hydrogen-bond donors (Lipinski definition) is 2. The summed E-state index contributed by atoms with van der Waals surface area (Å²) >= 11 is 4.05. The predicted octanol–water partition coefficient (Wildman–Crippen LogP) is 2.89. The largest absolute Gasteiger partial charge is 0.396 e. The van der Waals surface area contributed by atoms with E-state index in [0.717, 1.165) is 6.20 Å². The van der Waals surface area contributed by atoms with Crippen LogP contribution in [0.15, 0.2) is 6.20 Å². The Morgan fingerprint density at radius 3 is 2.26 bits per heavy atom. The maximum atomic E-state index is 13.5. The van der Waals surface area contributed by atoms with E-state index in [1.807, 2.05) is 0 Å². The normalized spacial score (nSPS) is 13.9. The van der Waals surface area contributed by atoms with Crippen molar-refractivity contribution in [2.75, 3.05) is 6.61 Å². The molecule has 3 nitrogen and oxygen atoms in total. The number of aryl methyl sites for hydroxylation is 1. The van der Waals surface area contributed by atoms with Gasteiger partial charge in [-0.25, -0.2) is 0 Å². The Labute approximate surface area is 108 Å². The molecule has 19 heavy (non-hydrogen) atoms. The van der Waals surface area contributed by atoms with Gasteiger partial charge in [-0.2, -0.15) is 31.4 Å². The summed E-state index contributed by atoms with van der Waals surface area (Å²) in [6.07, 6.45) is 0.578. The number of aromatic nitrogens is 2. The monoisotopic (exact) mass is 310 g/mol. The van der Waals surface area contributed by atoms with Crippen LogP contribution in [0.25, 0.3) is 0 Å². The summed E-state index contributed by atoms with van der Waals surface area (Å²) in [5.41, 5.74) is -1.83. The quantitative estimate of drug-likeness (QED) is 0.627. The molecule has 1 aromatic heterocycles. The van der Waals surface area contributed by atoms with E-state index in [0.29, 0.717) is 0 Å². The zero-order chi connectivity index (χ0) is 14.9. The molecule has 110 valence electrons. The highest BCUT2D eigenvalue weighted by molar-refractivity contribution is 6.22. The Balaban J connectivity index is 3.17. The molecule has 10 heteroatoms. The maximum absolute atomic E-state index is 13.5. The molecule has 0 bridgehead atoms. The van der Waals surface area contributed by atoms with Crippen LogP contribution in [0.2, 0.25) is 0 Å². The van der Waals surface area contributed by atoms with Crippen molar-refractivity contribution in [3.05, 3.63) is 17.5 Å².